The molecule has 0 radical (unpaired) electrons. The van der Waals surface area contributed by atoms with Gasteiger partial charge in [-0.05, 0) is 50.8 Å². The zero-order valence-electron chi connectivity index (χ0n) is 13.4. The van der Waals surface area contributed by atoms with E-state index in [4.69, 9.17) is 0 Å². The molecule has 0 aromatic heterocycles. The molecule has 1 aliphatic carbocycles. The van der Waals surface area contributed by atoms with Gasteiger partial charge < -0.3 is 5.32 Å². The summed E-state index contributed by atoms with van der Waals surface area (Å²) >= 11 is 0. The van der Waals surface area contributed by atoms with Crippen molar-refractivity contribution in [2.45, 2.75) is 57.4 Å². The number of benzene rings is 1. The zero-order chi connectivity index (χ0) is 15.5. The van der Waals surface area contributed by atoms with E-state index in [9.17, 15) is 8.42 Å². The van der Waals surface area contributed by atoms with Gasteiger partial charge in [0.05, 0.1) is 10.6 Å². The molecule has 21 heavy (non-hydrogen) atoms. The van der Waals surface area contributed by atoms with Crippen LogP contribution in [-0.2, 0) is 9.84 Å². The first-order valence-corrected chi connectivity index (χ1v) is 9.62. The molecule has 0 amide bonds. The fraction of sp³-hybridized carbons (Fsp3) is 0.647. The first-order valence-electron chi connectivity index (χ1n) is 7.97. The Balaban J connectivity index is 2.21. The largest absolute Gasteiger partial charge is 0.313 e. The molecule has 0 saturated heterocycles. The SMILES string of the molecule is CCNC(CS(=O)(=O)c1ccc(C)cc1C)C1CCCC1. The van der Waals surface area contributed by atoms with Crippen molar-refractivity contribution in [1.82, 2.24) is 5.32 Å². The molecular weight excluding hydrogens is 282 g/mol. The third kappa shape index (κ3) is 4.07. The summed E-state index contributed by atoms with van der Waals surface area (Å²) in [5.41, 5.74) is 1.96. The molecule has 1 aliphatic rings. The van der Waals surface area contributed by atoms with Gasteiger partial charge in [0.2, 0.25) is 0 Å². The summed E-state index contributed by atoms with van der Waals surface area (Å²) in [6.07, 6.45) is 4.77. The van der Waals surface area contributed by atoms with Crippen LogP contribution in [0.15, 0.2) is 23.1 Å². The van der Waals surface area contributed by atoms with Crippen molar-refractivity contribution in [1.29, 1.82) is 0 Å². The van der Waals surface area contributed by atoms with E-state index < -0.39 is 9.84 Å². The quantitative estimate of drug-likeness (QED) is 0.877. The van der Waals surface area contributed by atoms with E-state index in [1.165, 1.54) is 12.8 Å². The maximum atomic E-state index is 12.8. The molecule has 0 aliphatic heterocycles. The molecule has 0 bridgehead atoms. The van der Waals surface area contributed by atoms with Crippen LogP contribution in [0.25, 0.3) is 0 Å². The molecule has 1 atom stereocenters. The fourth-order valence-corrected chi connectivity index (χ4v) is 5.33. The second kappa shape index (κ2) is 6.93. The van der Waals surface area contributed by atoms with Crippen LogP contribution in [-0.4, -0.2) is 26.8 Å². The van der Waals surface area contributed by atoms with Crippen molar-refractivity contribution < 1.29 is 8.42 Å². The standard InChI is InChI=1S/C17H27NO2S/c1-4-18-16(15-7-5-6-8-15)12-21(19,20)17-10-9-13(2)11-14(17)3/h9-11,15-16,18H,4-8,12H2,1-3H3. The lowest BCUT2D eigenvalue weighted by Crippen LogP contribution is -2.40. The Hall–Kier alpha value is -0.870. The molecule has 1 saturated carbocycles. The summed E-state index contributed by atoms with van der Waals surface area (Å²) in [4.78, 5) is 0.494. The number of rotatable bonds is 6. The van der Waals surface area contributed by atoms with E-state index in [0.29, 0.717) is 10.8 Å². The van der Waals surface area contributed by atoms with E-state index in [-0.39, 0.29) is 11.8 Å². The monoisotopic (exact) mass is 309 g/mol. The van der Waals surface area contributed by atoms with Gasteiger partial charge in [-0.3, -0.25) is 0 Å². The van der Waals surface area contributed by atoms with Gasteiger partial charge in [-0.1, -0.05) is 37.5 Å². The molecular formula is C17H27NO2S. The topological polar surface area (TPSA) is 46.2 Å². The first-order chi connectivity index (χ1) is 9.94. The van der Waals surface area contributed by atoms with E-state index in [2.05, 4.69) is 5.32 Å². The van der Waals surface area contributed by atoms with E-state index in [1.807, 2.05) is 32.9 Å². The second-order valence-electron chi connectivity index (χ2n) is 6.26. The Labute approximate surface area is 129 Å². The van der Waals surface area contributed by atoms with Gasteiger partial charge in [0, 0.05) is 6.04 Å². The van der Waals surface area contributed by atoms with Gasteiger partial charge >= 0.3 is 0 Å². The molecule has 1 unspecified atom stereocenters. The second-order valence-corrected chi connectivity index (χ2v) is 8.26. The third-order valence-corrected chi connectivity index (χ3v) is 6.43. The number of sulfone groups is 1. The molecule has 0 heterocycles. The molecule has 1 aromatic carbocycles. The molecule has 1 fully saturated rings. The normalized spacial score (nSPS) is 18.0. The van der Waals surface area contributed by atoms with Crippen molar-refractivity contribution in [2.75, 3.05) is 12.3 Å². The van der Waals surface area contributed by atoms with Gasteiger partial charge in [-0.25, -0.2) is 8.42 Å². The summed E-state index contributed by atoms with van der Waals surface area (Å²) in [5.74, 6) is 0.723. The highest BCUT2D eigenvalue weighted by atomic mass is 32.2. The minimum atomic E-state index is -3.23. The zero-order valence-corrected chi connectivity index (χ0v) is 14.2. The summed E-state index contributed by atoms with van der Waals surface area (Å²) in [7, 11) is -3.23. The van der Waals surface area contributed by atoms with Crippen LogP contribution in [0.4, 0.5) is 0 Å². The molecule has 0 spiro atoms. The first kappa shape index (κ1) is 16.5. The van der Waals surface area contributed by atoms with Crippen LogP contribution in [0.2, 0.25) is 0 Å². The lowest BCUT2D eigenvalue weighted by molar-refractivity contribution is 0.388. The average Bonchev–Trinajstić information content (AvgIpc) is 2.91. The lowest BCUT2D eigenvalue weighted by Gasteiger charge is -2.24. The van der Waals surface area contributed by atoms with Crippen LogP contribution in [0.3, 0.4) is 0 Å². The average molecular weight is 309 g/mol. The van der Waals surface area contributed by atoms with Crippen molar-refractivity contribution in [2.24, 2.45) is 5.92 Å². The van der Waals surface area contributed by atoms with Gasteiger partial charge in [0.1, 0.15) is 0 Å². The molecule has 4 heteroatoms. The molecule has 118 valence electrons. The predicted molar refractivity (Wildman–Crippen MR) is 87.4 cm³/mol. The molecule has 1 aromatic rings. The molecule has 3 nitrogen and oxygen atoms in total. The van der Waals surface area contributed by atoms with Gasteiger partial charge in [-0.15, -0.1) is 0 Å². The predicted octanol–water partition coefficient (Wildman–Crippen LogP) is 3.25. The summed E-state index contributed by atoms with van der Waals surface area (Å²) in [6, 6.07) is 5.68. The van der Waals surface area contributed by atoms with Gasteiger partial charge in [-0.2, -0.15) is 0 Å². The van der Waals surface area contributed by atoms with E-state index >= 15 is 0 Å². The van der Waals surface area contributed by atoms with Gasteiger partial charge in [0.15, 0.2) is 9.84 Å². The van der Waals surface area contributed by atoms with Crippen LogP contribution in [0, 0.1) is 19.8 Å². The number of aryl methyl sites for hydroxylation is 2. The maximum Gasteiger partial charge on any atom is 0.180 e. The Bertz CT molecular complexity index is 574. The van der Waals surface area contributed by atoms with Crippen molar-refractivity contribution in [3.63, 3.8) is 0 Å². The van der Waals surface area contributed by atoms with Crippen molar-refractivity contribution in [3.8, 4) is 0 Å². The van der Waals surface area contributed by atoms with Crippen molar-refractivity contribution in [3.05, 3.63) is 29.3 Å². The van der Waals surface area contributed by atoms with Crippen molar-refractivity contribution >= 4 is 9.84 Å². The number of hydrogen-bond donors (Lipinski definition) is 1. The summed E-state index contributed by atoms with van der Waals surface area (Å²) in [5, 5.41) is 3.40. The van der Waals surface area contributed by atoms with E-state index in [0.717, 1.165) is 30.5 Å². The smallest absolute Gasteiger partial charge is 0.180 e. The summed E-state index contributed by atoms with van der Waals surface area (Å²) < 4.78 is 25.5. The maximum absolute atomic E-state index is 12.8. The number of nitrogens with one attached hydrogen (secondary N) is 1. The lowest BCUT2D eigenvalue weighted by atomic mass is 10.00. The highest BCUT2D eigenvalue weighted by Gasteiger charge is 2.30. The minimum absolute atomic E-state index is 0.0863. The van der Waals surface area contributed by atoms with Crippen LogP contribution in [0.1, 0.15) is 43.7 Å². The Kier molecular flexibility index (Phi) is 5.44. The molecule has 1 N–H and O–H groups in total. The van der Waals surface area contributed by atoms with Crippen LogP contribution < -0.4 is 5.32 Å². The van der Waals surface area contributed by atoms with E-state index in [1.54, 1.807) is 6.07 Å². The van der Waals surface area contributed by atoms with Crippen LogP contribution in [0.5, 0.6) is 0 Å². The molecule has 2 rings (SSSR count). The van der Waals surface area contributed by atoms with Gasteiger partial charge in [0.25, 0.3) is 0 Å². The van der Waals surface area contributed by atoms with Crippen LogP contribution >= 0.6 is 0 Å². The Morgan fingerprint density at radius 2 is 1.90 bits per heavy atom. The third-order valence-electron chi connectivity index (χ3n) is 4.50. The fourth-order valence-electron chi connectivity index (χ4n) is 3.46. The minimum Gasteiger partial charge on any atom is -0.313 e. The summed E-state index contributed by atoms with van der Waals surface area (Å²) in [6.45, 7) is 6.75. The number of hydrogen-bond acceptors (Lipinski definition) is 3. The Morgan fingerprint density at radius 3 is 2.48 bits per heavy atom. The Morgan fingerprint density at radius 1 is 1.24 bits per heavy atom. The highest BCUT2D eigenvalue weighted by Crippen LogP contribution is 2.29. The highest BCUT2D eigenvalue weighted by molar-refractivity contribution is 7.91.